The van der Waals surface area contributed by atoms with Crippen molar-refractivity contribution in [1.82, 2.24) is 39.3 Å². The van der Waals surface area contributed by atoms with Crippen LogP contribution in [0.3, 0.4) is 0 Å². The zero-order valence-corrected chi connectivity index (χ0v) is 37.3. The number of guanidine groups is 1. The number of sulfonamides is 1. The molecule has 61 heavy (non-hydrogen) atoms. The Labute approximate surface area is 358 Å². The lowest BCUT2D eigenvalue weighted by Crippen LogP contribution is -2.46. The number of rotatable bonds is 15. The first kappa shape index (κ1) is 46.6. The zero-order chi connectivity index (χ0) is 44.5. The quantitative estimate of drug-likeness (QED) is 0.0309. The van der Waals surface area contributed by atoms with Crippen LogP contribution in [-0.4, -0.2) is 86.7 Å². The predicted molar refractivity (Wildman–Crippen MR) is 241 cm³/mol. The van der Waals surface area contributed by atoms with Crippen molar-refractivity contribution in [2.45, 2.75) is 109 Å². The summed E-state index contributed by atoms with van der Waals surface area (Å²) < 4.78 is 31.9. The van der Waals surface area contributed by atoms with Crippen molar-refractivity contribution in [2.24, 2.45) is 16.5 Å². The Balaban J connectivity index is 0.000000232. The van der Waals surface area contributed by atoms with E-state index >= 15 is 0 Å². The summed E-state index contributed by atoms with van der Waals surface area (Å²) >= 11 is 0. The maximum atomic E-state index is 13.6. The summed E-state index contributed by atoms with van der Waals surface area (Å²) in [6.45, 7) is 18.9. The van der Waals surface area contributed by atoms with Crippen LogP contribution in [0.2, 0.25) is 0 Å². The molecule has 1 saturated heterocycles. The summed E-state index contributed by atoms with van der Waals surface area (Å²) in [5.41, 5.74) is 15.6. The molecule has 5 aromatic rings. The van der Waals surface area contributed by atoms with E-state index < -0.39 is 14.9 Å². The van der Waals surface area contributed by atoms with Gasteiger partial charge in [0.05, 0.1) is 34.0 Å². The number of hydrogen-bond donors (Lipinski definition) is 5. The van der Waals surface area contributed by atoms with Gasteiger partial charge in [0.1, 0.15) is 5.65 Å². The number of piperidine rings is 1. The Kier molecular flexibility index (Phi) is 15.3. The minimum Gasteiger partial charge on any atom is -0.370 e. The summed E-state index contributed by atoms with van der Waals surface area (Å²) in [6, 6.07) is 18.5. The highest BCUT2D eigenvalue weighted by atomic mass is 32.2. The molecular weight excluding hydrogens is 797 g/mol. The number of H-pyrrole nitrogens is 1. The molecular formula is C43H62N12O5S. The van der Waals surface area contributed by atoms with Gasteiger partial charge in [-0.1, -0.05) is 65.8 Å². The molecule has 0 unspecified atom stereocenters. The summed E-state index contributed by atoms with van der Waals surface area (Å²) in [7, 11) is -3.67. The summed E-state index contributed by atoms with van der Waals surface area (Å²) in [5.74, 6) is -0.0675. The second-order valence-corrected chi connectivity index (χ2v) is 19.4. The first-order valence-electron chi connectivity index (χ1n) is 20.7. The largest absolute Gasteiger partial charge is 0.390 e. The number of nitrogens with two attached hydrogens (primary N) is 2. The van der Waals surface area contributed by atoms with Crippen LogP contribution in [0.15, 0.2) is 81.5 Å². The number of nitrogens with one attached hydrogen (secondary N) is 3. The standard InChI is InChI=1S/C22H33N5O4S.C21H29N7O/c1-17-16-21(27(28)29)24-25(17)14-5-15-26(19-10-12-23-13-11-19)32(30,31)20-8-6-18(7-9-20)22(2,3)4;1-21(2,3)17-11-15-13-28(20(29)27-18(15)26-17)16-7-5-14(6-8-16)12-24-9-4-10-25-19(22)23/h6-9,16,19,23H,5,10-15H2,1-4H3;5-8,11,13,24H,4,9-10,12H2,1-3H3,(H4,22,23,25)(H,26,27,29). The van der Waals surface area contributed by atoms with Gasteiger partial charge in [-0.05, 0) is 104 Å². The topological polar surface area (TPSA) is 237 Å². The zero-order valence-electron chi connectivity index (χ0n) is 36.4. The van der Waals surface area contributed by atoms with Crippen LogP contribution < -0.4 is 27.8 Å². The lowest BCUT2D eigenvalue weighted by molar-refractivity contribution is -0.389. The van der Waals surface area contributed by atoms with Crippen LogP contribution in [0, 0.1) is 17.0 Å². The van der Waals surface area contributed by atoms with Crippen LogP contribution in [0.5, 0.6) is 0 Å². The van der Waals surface area contributed by atoms with Crippen LogP contribution in [0.25, 0.3) is 16.7 Å². The Bertz CT molecular complexity index is 2430. The number of benzene rings is 2. The van der Waals surface area contributed by atoms with Crippen molar-refractivity contribution in [2.75, 3.05) is 32.7 Å². The molecule has 0 amide bonds. The Hall–Kier alpha value is -5.43. The van der Waals surface area contributed by atoms with Gasteiger partial charge in [0.15, 0.2) is 5.96 Å². The van der Waals surface area contributed by atoms with E-state index in [1.165, 1.54) is 6.07 Å². The van der Waals surface area contributed by atoms with Gasteiger partial charge in [-0.15, -0.1) is 0 Å². The highest BCUT2D eigenvalue weighted by molar-refractivity contribution is 7.89. The third-order valence-corrected chi connectivity index (χ3v) is 12.6. The summed E-state index contributed by atoms with van der Waals surface area (Å²) in [5, 5.41) is 22.5. The third kappa shape index (κ3) is 12.6. The minimum absolute atomic E-state index is 0.0352. The number of aliphatic imine (C=N–C) groups is 1. The van der Waals surface area contributed by atoms with Gasteiger partial charge >= 0.3 is 11.5 Å². The maximum absolute atomic E-state index is 13.6. The number of nitro groups is 1. The minimum atomic E-state index is -3.67. The monoisotopic (exact) mass is 858 g/mol. The van der Waals surface area contributed by atoms with E-state index in [9.17, 15) is 23.3 Å². The SMILES string of the molecule is CC(C)(C)c1cc2cn(-c3ccc(CNCCCN=C(N)N)cc3)c(=O)nc2[nH]1.Cc1cc([N+](=O)[O-])nn1CCCN(C1CCNCC1)S(=O)(=O)c1ccc(C(C)(C)C)cc1. The van der Waals surface area contributed by atoms with Crippen LogP contribution >= 0.6 is 0 Å². The van der Waals surface area contributed by atoms with E-state index in [0.717, 1.165) is 73.3 Å². The van der Waals surface area contributed by atoms with E-state index in [2.05, 4.69) is 78.3 Å². The average Bonchev–Trinajstić information content (AvgIpc) is 3.81. The molecule has 17 nitrogen and oxygen atoms in total. The fraction of sp³-hybridized carbons (Fsp3) is 0.488. The number of fused-ring (bicyclic) bond motifs is 1. The van der Waals surface area contributed by atoms with Gasteiger partial charge < -0.3 is 37.2 Å². The van der Waals surface area contributed by atoms with Crippen LogP contribution in [0.4, 0.5) is 5.82 Å². The number of aromatic nitrogens is 5. The van der Waals surface area contributed by atoms with Gasteiger partial charge in [0.25, 0.3) is 0 Å². The first-order chi connectivity index (χ1) is 28.7. The molecule has 0 saturated carbocycles. The number of hydrogen-bond acceptors (Lipinski definition) is 10. The van der Waals surface area contributed by atoms with Crippen molar-refractivity contribution in [1.29, 1.82) is 0 Å². The van der Waals surface area contributed by atoms with Crippen molar-refractivity contribution in [3.05, 3.63) is 110 Å². The lowest BCUT2D eigenvalue weighted by Gasteiger charge is -2.34. The van der Waals surface area contributed by atoms with E-state index in [1.807, 2.05) is 42.6 Å². The van der Waals surface area contributed by atoms with Gasteiger partial charge in [-0.3, -0.25) is 9.56 Å². The van der Waals surface area contributed by atoms with Crippen molar-refractivity contribution < 1.29 is 13.3 Å². The van der Waals surface area contributed by atoms with E-state index in [-0.39, 0.29) is 34.3 Å². The Morgan fingerprint density at radius 3 is 2.26 bits per heavy atom. The molecule has 7 N–H and O–H groups in total. The molecule has 0 aliphatic carbocycles. The molecule has 0 spiro atoms. The molecule has 0 bridgehead atoms. The van der Waals surface area contributed by atoms with Crippen molar-refractivity contribution in [3.8, 4) is 5.69 Å². The third-order valence-electron chi connectivity index (χ3n) is 10.6. The van der Waals surface area contributed by atoms with Gasteiger partial charge in [-0.25, -0.2) is 13.2 Å². The van der Waals surface area contributed by atoms with Crippen molar-refractivity contribution >= 4 is 32.8 Å². The second-order valence-electron chi connectivity index (χ2n) is 17.5. The Morgan fingerprint density at radius 2 is 1.67 bits per heavy atom. The Morgan fingerprint density at radius 1 is 1.00 bits per heavy atom. The van der Waals surface area contributed by atoms with E-state index in [0.29, 0.717) is 42.3 Å². The molecule has 1 aliphatic rings. The first-order valence-corrected chi connectivity index (χ1v) is 22.2. The average molecular weight is 859 g/mol. The maximum Gasteiger partial charge on any atom is 0.390 e. The van der Waals surface area contributed by atoms with E-state index in [4.69, 9.17) is 11.5 Å². The fourth-order valence-corrected chi connectivity index (χ4v) is 8.77. The summed E-state index contributed by atoms with van der Waals surface area (Å²) in [4.78, 5) is 34.7. The molecule has 330 valence electrons. The molecule has 18 heteroatoms. The molecule has 6 rings (SSSR count). The number of aryl methyl sites for hydroxylation is 2. The fourth-order valence-electron chi connectivity index (χ4n) is 7.04. The highest BCUT2D eigenvalue weighted by Crippen LogP contribution is 2.28. The predicted octanol–water partition coefficient (Wildman–Crippen LogP) is 4.99. The van der Waals surface area contributed by atoms with Gasteiger partial charge in [-0.2, -0.15) is 14.0 Å². The van der Waals surface area contributed by atoms with Crippen LogP contribution in [0.1, 0.15) is 89.7 Å². The van der Waals surface area contributed by atoms with E-state index in [1.54, 1.807) is 32.6 Å². The molecule has 1 aliphatic heterocycles. The second kappa shape index (κ2) is 20.0. The summed E-state index contributed by atoms with van der Waals surface area (Å²) in [6.07, 6.45) is 4.73. The molecule has 4 heterocycles. The molecule has 1 fully saturated rings. The molecule has 0 atom stereocenters. The molecule has 0 radical (unpaired) electrons. The highest BCUT2D eigenvalue weighted by Gasteiger charge is 2.32. The lowest BCUT2D eigenvalue weighted by atomic mass is 9.87. The number of nitrogens with zero attached hydrogens (tertiary/aromatic N) is 7. The normalized spacial score (nSPS) is 13.9. The van der Waals surface area contributed by atoms with Gasteiger partial charge in [0, 0.05) is 48.4 Å². The van der Waals surface area contributed by atoms with Crippen molar-refractivity contribution in [3.63, 3.8) is 0 Å². The van der Waals surface area contributed by atoms with Gasteiger partial charge in [0.2, 0.25) is 10.0 Å². The molecule has 3 aromatic heterocycles. The smallest absolute Gasteiger partial charge is 0.370 e. The molecule has 2 aromatic carbocycles. The number of aromatic amines is 1. The van der Waals surface area contributed by atoms with Crippen LogP contribution in [-0.2, 0) is 33.9 Å².